The van der Waals surface area contributed by atoms with Gasteiger partial charge >= 0.3 is 0 Å². The third kappa shape index (κ3) is 2.14. The predicted molar refractivity (Wildman–Crippen MR) is 64.1 cm³/mol. The van der Waals surface area contributed by atoms with E-state index in [0.29, 0.717) is 17.9 Å². The zero-order valence-electron chi connectivity index (χ0n) is 9.51. The molecule has 0 N–H and O–H groups in total. The van der Waals surface area contributed by atoms with Crippen LogP contribution in [-0.4, -0.2) is 9.55 Å². The minimum Gasteiger partial charge on any atom is -0.324 e. The molecule has 0 saturated heterocycles. The lowest BCUT2D eigenvalue weighted by Crippen LogP contribution is -2.04. The van der Waals surface area contributed by atoms with Gasteiger partial charge in [-0.15, -0.1) is 11.6 Å². The maximum Gasteiger partial charge on any atom is 0.184 e. The summed E-state index contributed by atoms with van der Waals surface area (Å²) in [6.45, 7) is 2.64. The maximum atomic E-state index is 13.8. The molecule has 0 aliphatic heterocycles. The average molecular weight is 259 g/mol. The van der Waals surface area contributed by atoms with E-state index in [1.165, 1.54) is 6.07 Å². The SMILES string of the molecule is CCCCn1c(CCl)nc2ccc(F)c(F)c21. The molecule has 0 atom stereocenters. The summed E-state index contributed by atoms with van der Waals surface area (Å²) in [5.41, 5.74) is 0.671. The number of hydrogen-bond donors (Lipinski definition) is 0. The molecule has 92 valence electrons. The van der Waals surface area contributed by atoms with Gasteiger partial charge in [0.05, 0.1) is 11.4 Å². The van der Waals surface area contributed by atoms with E-state index < -0.39 is 11.6 Å². The van der Waals surface area contributed by atoms with E-state index in [4.69, 9.17) is 11.6 Å². The molecule has 0 saturated carbocycles. The Balaban J connectivity index is 2.63. The van der Waals surface area contributed by atoms with Crippen LogP contribution in [0.15, 0.2) is 12.1 Å². The van der Waals surface area contributed by atoms with Crippen molar-refractivity contribution in [2.24, 2.45) is 0 Å². The number of aryl methyl sites for hydroxylation is 1. The van der Waals surface area contributed by atoms with Gasteiger partial charge in [0.25, 0.3) is 0 Å². The average Bonchev–Trinajstić information content (AvgIpc) is 2.70. The van der Waals surface area contributed by atoms with Crippen LogP contribution < -0.4 is 0 Å². The number of alkyl halides is 1. The second kappa shape index (κ2) is 5.00. The molecule has 0 aliphatic carbocycles. The smallest absolute Gasteiger partial charge is 0.184 e. The summed E-state index contributed by atoms with van der Waals surface area (Å²) in [7, 11) is 0. The number of aromatic nitrogens is 2. The molecule has 0 bridgehead atoms. The van der Waals surface area contributed by atoms with Crippen molar-refractivity contribution >= 4 is 22.6 Å². The van der Waals surface area contributed by atoms with Crippen LogP contribution in [0.2, 0.25) is 0 Å². The van der Waals surface area contributed by atoms with Crippen LogP contribution in [0.3, 0.4) is 0 Å². The number of halogens is 3. The second-order valence-electron chi connectivity index (χ2n) is 3.90. The van der Waals surface area contributed by atoms with E-state index in [9.17, 15) is 8.78 Å². The summed E-state index contributed by atoms with van der Waals surface area (Å²) in [6.07, 6.45) is 1.85. The molecule has 17 heavy (non-hydrogen) atoms. The fourth-order valence-electron chi connectivity index (χ4n) is 1.86. The first-order valence-electron chi connectivity index (χ1n) is 5.58. The highest BCUT2D eigenvalue weighted by Crippen LogP contribution is 2.23. The quantitative estimate of drug-likeness (QED) is 0.762. The number of hydrogen-bond acceptors (Lipinski definition) is 1. The van der Waals surface area contributed by atoms with Gasteiger partial charge < -0.3 is 4.57 Å². The van der Waals surface area contributed by atoms with E-state index in [2.05, 4.69) is 4.98 Å². The van der Waals surface area contributed by atoms with Crippen LogP contribution in [-0.2, 0) is 12.4 Å². The molecule has 5 heteroatoms. The Kier molecular flexibility index (Phi) is 3.62. The number of benzene rings is 1. The van der Waals surface area contributed by atoms with Crippen molar-refractivity contribution in [1.82, 2.24) is 9.55 Å². The number of fused-ring (bicyclic) bond motifs is 1. The van der Waals surface area contributed by atoms with Crippen LogP contribution in [0.5, 0.6) is 0 Å². The van der Waals surface area contributed by atoms with Gasteiger partial charge in [0.1, 0.15) is 11.3 Å². The van der Waals surface area contributed by atoms with Crippen molar-refractivity contribution in [2.75, 3.05) is 0 Å². The molecule has 1 aromatic carbocycles. The van der Waals surface area contributed by atoms with Gasteiger partial charge in [0.2, 0.25) is 0 Å². The van der Waals surface area contributed by atoms with Crippen molar-refractivity contribution in [3.05, 3.63) is 29.6 Å². The van der Waals surface area contributed by atoms with E-state index >= 15 is 0 Å². The Bertz CT molecular complexity index is 537. The summed E-state index contributed by atoms with van der Waals surface area (Å²) in [4.78, 5) is 4.21. The second-order valence-corrected chi connectivity index (χ2v) is 4.16. The Morgan fingerprint density at radius 1 is 1.35 bits per heavy atom. The molecule has 2 rings (SSSR count). The molecule has 0 spiro atoms. The third-order valence-electron chi connectivity index (χ3n) is 2.73. The van der Waals surface area contributed by atoms with E-state index in [0.717, 1.165) is 18.9 Å². The van der Waals surface area contributed by atoms with Gasteiger partial charge in [0.15, 0.2) is 11.6 Å². The molecular formula is C12H13ClF2N2. The summed E-state index contributed by atoms with van der Waals surface area (Å²) >= 11 is 5.78. The maximum absolute atomic E-state index is 13.8. The van der Waals surface area contributed by atoms with Crippen LogP contribution in [0.25, 0.3) is 11.0 Å². The molecule has 0 aliphatic rings. The molecule has 2 nitrogen and oxygen atoms in total. The lowest BCUT2D eigenvalue weighted by molar-refractivity contribution is 0.508. The Morgan fingerprint density at radius 2 is 2.12 bits per heavy atom. The van der Waals surface area contributed by atoms with E-state index in [1.54, 1.807) is 4.57 Å². The van der Waals surface area contributed by atoms with Crippen LogP contribution in [0.1, 0.15) is 25.6 Å². The van der Waals surface area contributed by atoms with Gasteiger partial charge in [-0.25, -0.2) is 13.8 Å². The fraction of sp³-hybridized carbons (Fsp3) is 0.417. The number of rotatable bonds is 4. The predicted octanol–water partition coefficient (Wildman–Crippen LogP) is 3.85. The zero-order valence-corrected chi connectivity index (χ0v) is 10.3. The highest BCUT2D eigenvalue weighted by atomic mass is 35.5. The largest absolute Gasteiger partial charge is 0.324 e. The monoisotopic (exact) mass is 258 g/mol. The summed E-state index contributed by atoms with van der Waals surface area (Å²) in [6, 6.07) is 2.57. The lowest BCUT2D eigenvalue weighted by Gasteiger charge is -2.07. The Morgan fingerprint density at radius 3 is 2.76 bits per heavy atom. The van der Waals surface area contributed by atoms with E-state index in [1.807, 2.05) is 6.92 Å². The first kappa shape index (κ1) is 12.3. The lowest BCUT2D eigenvalue weighted by atomic mass is 10.2. The molecule has 1 heterocycles. The highest BCUT2D eigenvalue weighted by Gasteiger charge is 2.16. The molecular weight excluding hydrogens is 246 g/mol. The molecule has 0 fully saturated rings. The topological polar surface area (TPSA) is 17.8 Å². The van der Waals surface area contributed by atoms with Gasteiger partial charge in [-0.1, -0.05) is 13.3 Å². The minimum absolute atomic E-state index is 0.194. The van der Waals surface area contributed by atoms with Gasteiger partial charge in [-0.3, -0.25) is 0 Å². The first-order chi connectivity index (χ1) is 8.19. The van der Waals surface area contributed by atoms with Crippen molar-refractivity contribution in [1.29, 1.82) is 0 Å². The van der Waals surface area contributed by atoms with Gasteiger partial charge in [-0.05, 0) is 18.6 Å². The molecule has 0 radical (unpaired) electrons. The highest BCUT2D eigenvalue weighted by molar-refractivity contribution is 6.16. The minimum atomic E-state index is -0.851. The summed E-state index contributed by atoms with van der Waals surface area (Å²) in [5.74, 6) is -0.919. The van der Waals surface area contributed by atoms with E-state index in [-0.39, 0.29) is 11.4 Å². The molecule has 0 amide bonds. The van der Waals surface area contributed by atoms with Crippen LogP contribution in [0.4, 0.5) is 8.78 Å². The van der Waals surface area contributed by atoms with Crippen LogP contribution in [0, 0.1) is 11.6 Å². The number of unbranched alkanes of at least 4 members (excludes halogenated alkanes) is 1. The van der Waals surface area contributed by atoms with Crippen molar-refractivity contribution in [3.8, 4) is 0 Å². The normalized spacial score (nSPS) is 11.3. The van der Waals surface area contributed by atoms with Crippen molar-refractivity contribution in [3.63, 3.8) is 0 Å². The molecule has 2 aromatic rings. The Hall–Kier alpha value is -1.16. The third-order valence-corrected chi connectivity index (χ3v) is 2.97. The standard InChI is InChI=1S/C12H13ClF2N2/c1-2-3-6-17-10(7-13)16-9-5-4-8(14)11(15)12(9)17/h4-5H,2-3,6-7H2,1H3. The first-order valence-corrected chi connectivity index (χ1v) is 6.11. The van der Waals surface area contributed by atoms with Gasteiger partial charge in [0, 0.05) is 6.54 Å². The van der Waals surface area contributed by atoms with Crippen molar-refractivity contribution < 1.29 is 8.78 Å². The summed E-state index contributed by atoms with van der Waals surface area (Å²) in [5, 5.41) is 0. The molecule has 0 unspecified atom stereocenters. The number of nitrogens with zero attached hydrogens (tertiary/aromatic N) is 2. The van der Waals surface area contributed by atoms with Gasteiger partial charge in [-0.2, -0.15) is 0 Å². The van der Waals surface area contributed by atoms with Crippen LogP contribution >= 0.6 is 11.6 Å². The number of imidazole rings is 1. The zero-order chi connectivity index (χ0) is 12.4. The fourth-order valence-corrected chi connectivity index (χ4v) is 2.07. The molecule has 1 aromatic heterocycles. The Labute approximate surface area is 103 Å². The van der Waals surface area contributed by atoms with Crippen molar-refractivity contribution in [2.45, 2.75) is 32.2 Å². The summed E-state index contributed by atoms with van der Waals surface area (Å²) < 4.78 is 28.6.